The SMILES string of the molecule is O=C1[C@H]2CNCCN2CCN1c1ncc(N2CCCC[C@H]2Cc2ccccc2)s1. The minimum Gasteiger partial charge on any atom is -0.359 e. The summed E-state index contributed by atoms with van der Waals surface area (Å²) in [6.07, 6.45) is 6.79. The van der Waals surface area contributed by atoms with Gasteiger partial charge in [-0.15, -0.1) is 0 Å². The van der Waals surface area contributed by atoms with Crippen molar-refractivity contribution in [1.29, 1.82) is 0 Å². The van der Waals surface area contributed by atoms with E-state index in [2.05, 4.69) is 50.4 Å². The van der Waals surface area contributed by atoms with Gasteiger partial charge in [0.15, 0.2) is 5.13 Å². The first-order valence-corrected chi connectivity index (χ1v) is 11.6. The lowest BCUT2D eigenvalue weighted by Crippen LogP contribution is -2.64. The van der Waals surface area contributed by atoms with Crippen LogP contribution in [0.4, 0.5) is 10.1 Å². The van der Waals surface area contributed by atoms with Crippen molar-refractivity contribution in [2.24, 2.45) is 0 Å². The summed E-state index contributed by atoms with van der Waals surface area (Å²) in [6.45, 7) is 5.45. The molecule has 7 heteroatoms. The van der Waals surface area contributed by atoms with Crippen LogP contribution in [0.25, 0.3) is 0 Å². The molecule has 0 bridgehead atoms. The third-order valence-corrected chi connectivity index (χ3v) is 7.51. The Balaban J connectivity index is 1.32. The Bertz CT molecular complexity index is 841. The lowest BCUT2D eigenvalue weighted by atomic mass is 9.96. The van der Waals surface area contributed by atoms with Crippen LogP contribution in [-0.4, -0.2) is 67.1 Å². The van der Waals surface area contributed by atoms with E-state index in [4.69, 9.17) is 0 Å². The molecule has 1 amide bonds. The summed E-state index contributed by atoms with van der Waals surface area (Å²) in [5, 5.41) is 5.42. The van der Waals surface area contributed by atoms with Gasteiger partial charge in [0.1, 0.15) is 11.0 Å². The molecule has 2 atom stereocenters. The van der Waals surface area contributed by atoms with Crippen LogP contribution in [0, 0.1) is 0 Å². The lowest BCUT2D eigenvalue weighted by Gasteiger charge is -2.42. The van der Waals surface area contributed by atoms with E-state index < -0.39 is 0 Å². The topological polar surface area (TPSA) is 51.7 Å². The molecule has 0 radical (unpaired) electrons. The number of aromatic nitrogens is 1. The van der Waals surface area contributed by atoms with Gasteiger partial charge >= 0.3 is 0 Å². The first-order chi connectivity index (χ1) is 14.3. The molecule has 5 rings (SSSR count). The van der Waals surface area contributed by atoms with Gasteiger partial charge in [-0.05, 0) is 31.2 Å². The normalized spacial score (nSPS) is 25.9. The number of benzene rings is 1. The maximum atomic E-state index is 13.0. The summed E-state index contributed by atoms with van der Waals surface area (Å²) in [7, 11) is 0. The van der Waals surface area contributed by atoms with E-state index >= 15 is 0 Å². The summed E-state index contributed by atoms with van der Waals surface area (Å²) in [4.78, 5) is 24.5. The third-order valence-electron chi connectivity index (χ3n) is 6.45. The minimum absolute atomic E-state index is 0.0364. The van der Waals surface area contributed by atoms with Crippen molar-refractivity contribution in [3.05, 3.63) is 42.1 Å². The number of piperidine rings is 1. The summed E-state index contributed by atoms with van der Waals surface area (Å²) in [6, 6.07) is 11.2. The maximum Gasteiger partial charge on any atom is 0.247 e. The van der Waals surface area contributed by atoms with Crippen molar-refractivity contribution >= 4 is 27.4 Å². The van der Waals surface area contributed by atoms with E-state index in [0.29, 0.717) is 6.04 Å². The number of piperazine rings is 2. The predicted octanol–water partition coefficient (Wildman–Crippen LogP) is 2.37. The van der Waals surface area contributed by atoms with E-state index in [-0.39, 0.29) is 11.9 Å². The van der Waals surface area contributed by atoms with Gasteiger partial charge in [-0.2, -0.15) is 0 Å². The van der Waals surface area contributed by atoms with Gasteiger partial charge in [0, 0.05) is 45.3 Å². The fourth-order valence-electron chi connectivity index (χ4n) is 4.87. The van der Waals surface area contributed by atoms with Crippen molar-refractivity contribution in [3.63, 3.8) is 0 Å². The van der Waals surface area contributed by atoms with E-state index in [1.165, 1.54) is 29.8 Å². The highest BCUT2D eigenvalue weighted by Gasteiger charge is 2.38. The van der Waals surface area contributed by atoms with Gasteiger partial charge in [-0.1, -0.05) is 41.7 Å². The van der Waals surface area contributed by atoms with Crippen LogP contribution in [0.5, 0.6) is 0 Å². The standard InChI is InChI=1S/C22H29N5OS/c28-21-19-15-23-9-11-25(19)12-13-27(21)22-24-16-20(29-22)26-10-5-4-8-18(26)14-17-6-2-1-3-7-17/h1-3,6-7,16,18-19,23H,4-5,8-15H2/t18-,19+/m0/s1. The zero-order valence-corrected chi connectivity index (χ0v) is 17.6. The molecule has 6 nitrogen and oxygen atoms in total. The second kappa shape index (κ2) is 8.42. The highest BCUT2D eigenvalue weighted by atomic mass is 32.1. The van der Waals surface area contributed by atoms with Gasteiger partial charge in [-0.25, -0.2) is 4.98 Å². The second-order valence-corrected chi connectivity index (χ2v) is 9.25. The zero-order chi connectivity index (χ0) is 19.6. The van der Waals surface area contributed by atoms with Gasteiger partial charge in [0.2, 0.25) is 5.91 Å². The number of carbonyl (C=O) groups is 1. The van der Waals surface area contributed by atoms with E-state index in [9.17, 15) is 4.79 Å². The lowest BCUT2D eigenvalue weighted by molar-refractivity contribution is -0.126. The average Bonchev–Trinajstić information content (AvgIpc) is 3.25. The second-order valence-electron chi connectivity index (χ2n) is 8.26. The number of amides is 1. The molecular weight excluding hydrogens is 382 g/mol. The Kier molecular flexibility index (Phi) is 5.52. The fourth-order valence-corrected chi connectivity index (χ4v) is 5.92. The molecule has 3 aliphatic heterocycles. The van der Waals surface area contributed by atoms with Gasteiger partial charge in [0.05, 0.1) is 6.20 Å². The van der Waals surface area contributed by atoms with Crippen LogP contribution in [0.15, 0.2) is 36.5 Å². The highest BCUT2D eigenvalue weighted by molar-refractivity contribution is 7.19. The maximum absolute atomic E-state index is 13.0. The molecule has 154 valence electrons. The van der Waals surface area contributed by atoms with E-state index in [1.54, 1.807) is 11.3 Å². The van der Waals surface area contributed by atoms with Crippen LogP contribution < -0.4 is 15.1 Å². The monoisotopic (exact) mass is 411 g/mol. The Morgan fingerprint density at radius 3 is 2.90 bits per heavy atom. The minimum atomic E-state index is -0.0364. The Morgan fingerprint density at radius 1 is 1.10 bits per heavy atom. The van der Waals surface area contributed by atoms with Crippen LogP contribution >= 0.6 is 11.3 Å². The molecular formula is C22H29N5OS. The number of hydrogen-bond acceptors (Lipinski definition) is 6. The third kappa shape index (κ3) is 3.91. The summed E-state index contributed by atoms with van der Waals surface area (Å²) >= 11 is 1.68. The number of rotatable bonds is 4. The number of hydrogen-bond donors (Lipinski definition) is 1. The van der Waals surface area contributed by atoms with Crippen molar-refractivity contribution in [3.8, 4) is 0 Å². The number of nitrogens with zero attached hydrogens (tertiary/aromatic N) is 4. The number of anilines is 2. The molecule has 0 spiro atoms. The van der Waals surface area contributed by atoms with Crippen LogP contribution in [0.3, 0.4) is 0 Å². The van der Waals surface area contributed by atoms with Crippen molar-refractivity contribution in [2.75, 3.05) is 49.1 Å². The highest BCUT2D eigenvalue weighted by Crippen LogP contribution is 2.35. The summed E-state index contributed by atoms with van der Waals surface area (Å²) in [5.41, 5.74) is 1.39. The van der Waals surface area contributed by atoms with Crippen molar-refractivity contribution < 1.29 is 4.79 Å². The molecule has 2 aromatic rings. The Morgan fingerprint density at radius 2 is 2.00 bits per heavy atom. The van der Waals surface area contributed by atoms with Gasteiger partial charge in [-0.3, -0.25) is 14.6 Å². The number of fused-ring (bicyclic) bond motifs is 1. The Labute approximate surface area is 176 Å². The largest absolute Gasteiger partial charge is 0.359 e. The van der Waals surface area contributed by atoms with E-state index in [0.717, 1.165) is 50.8 Å². The molecule has 1 aromatic heterocycles. The molecule has 4 heterocycles. The van der Waals surface area contributed by atoms with Crippen molar-refractivity contribution in [2.45, 2.75) is 37.8 Å². The summed E-state index contributed by atoms with van der Waals surface area (Å²) < 4.78 is 0. The average molecular weight is 412 g/mol. The van der Waals surface area contributed by atoms with Gasteiger partial charge < -0.3 is 10.2 Å². The van der Waals surface area contributed by atoms with Crippen LogP contribution in [0.1, 0.15) is 24.8 Å². The molecule has 3 fully saturated rings. The van der Waals surface area contributed by atoms with Crippen LogP contribution in [-0.2, 0) is 11.2 Å². The van der Waals surface area contributed by atoms with Gasteiger partial charge in [0.25, 0.3) is 0 Å². The zero-order valence-electron chi connectivity index (χ0n) is 16.8. The predicted molar refractivity (Wildman–Crippen MR) is 118 cm³/mol. The number of carbonyl (C=O) groups excluding carboxylic acids is 1. The van der Waals surface area contributed by atoms with E-state index in [1.807, 2.05) is 11.1 Å². The molecule has 0 aliphatic carbocycles. The molecule has 29 heavy (non-hydrogen) atoms. The van der Waals surface area contributed by atoms with Crippen LogP contribution in [0.2, 0.25) is 0 Å². The molecule has 3 aliphatic rings. The molecule has 0 saturated carbocycles. The quantitative estimate of drug-likeness (QED) is 0.837. The Hall–Kier alpha value is -1.96. The fraction of sp³-hybridized carbons (Fsp3) is 0.545. The number of thiazole rings is 1. The molecule has 1 aromatic carbocycles. The molecule has 0 unspecified atom stereocenters. The molecule has 3 saturated heterocycles. The first kappa shape index (κ1) is 19.0. The number of nitrogens with one attached hydrogen (secondary N) is 1. The smallest absolute Gasteiger partial charge is 0.247 e. The molecule has 1 N–H and O–H groups in total. The summed E-state index contributed by atoms with van der Waals surface area (Å²) in [5.74, 6) is 0.198. The van der Waals surface area contributed by atoms with Crippen molar-refractivity contribution in [1.82, 2.24) is 15.2 Å². The first-order valence-electron chi connectivity index (χ1n) is 10.8.